The number of sulfonamides is 1. The molecular formula is C22H29N3O4S. The molecule has 1 unspecified atom stereocenters. The number of nitrogens with zero attached hydrogens (tertiary/aromatic N) is 1. The van der Waals surface area contributed by atoms with Crippen molar-refractivity contribution in [1.29, 1.82) is 0 Å². The largest absolute Gasteiger partial charge is 0.497 e. The molecule has 2 aromatic rings. The van der Waals surface area contributed by atoms with Gasteiger partial charge in [0.05, 0.1) is 18.6 Å². The molecular weight excluding hydrogens is 402 g/mol. The molecule has 8 heteroatoms. The fraction of sp³-hybridized carbons (Fsp3) is 0.409. The van der Waals surface area contributed by atoms with Gasteiger partial charge in [-0.15, -0.1) is 0 Å². The third-order valence-electron chi connectivity index (χ3n) is 5.24. The Balaban J connectivity index is 1.48. The van der Waals surface area contributed by atoms with Crippen LogP contribution < -0.4 is 14.8 Å². The number of carbonyl (C=O) groups is 1. The van der Waals surface area contributed by atoms with Gasteiger partial charge < -0.3 is 10.1 Å². The maximum Gasteiger partial charge on any atom is 0.240 e. The summed E-state index contributed by atoms with van der Waals surface area (Å²) in [6.07, 6.45) is 1.87. The summed E-state index contributed by atoms with van der Waals surface area (Å²) >= 11 is 0. The summed E-state index contributed by atoms with van der Waals surface area (Å²) in [5.74, 6) is 0.828. The van der Waals surface area contributed by atoms with Gasteiger partial charge >= 0.3 is 0 Å². The second-order valence-electron chi connectivity index (χ2n) is 7.68. The minimum atomic E-state index is -3.52. The van der Waals surface area contributed by atoms with E-state index in [-0.39, 0.29) is 23.3 Å². The van der Waals surface area contributed by atoms with Gasteiger partial charge in [0.25, 0.3) is 0 Å². The smallest absolute Gasteiger partial charge is 0.240 e. The molecule has 1 saturated heterocycles. The maximum atomic E-state index is 12.5. The number of methoxy groups -OCH3 is 1. The Labute approximate surface area is 178 Å². The molecule has 0 saturated carbocycles. The topological polar surface area (TPSA) is 87.7 Å². The van der Waals surface area contributed by atoms with Gasteiger partial charge in [0.15, 0.2) is 0 Å². The number of likely N-dealkylation sites (tertiary alicyclic amines) is 1. The molecule has 3 rings (SSSR count). The number of hydrogen-bond donors (Lipinski definition) is 2. The Hall–Kier alpha value is -2.42. The van der Waals surface area contributed by atoms with Crippen molar-refractivity contribution in [2.45, 2.75) is 24.7 Å². The van der Waals surface area contributed by atoms with E-state index >= 15 is 0 Å². The highest BCUT2D eigenvalue weighted by Gasteiger charge is 2.23. The number of ether oxygens (including phenoxy) is 1. The van der Waals surface area contributed by atoms with Gasteiger partial charge in [-0.3, -0.25) is 9.69 Å². The van der Waals surface area contributed by atoms with Gasteiger partial charge in [0.2, 0.25) is 15.9 Å². The molecule has 162 valence electrons. The van der Waals surface area contributed by atoms with Gasteiger partial charge in [-0.2, -0.15) is 0 Å². The van der Waals surface area contributed by atoms with Gasteiger partial charge in [0.1, 0.15) is 5.75 Å². The van der Waals surface area contributed by atoms with E-state index in [1.165, 1.54) is 0 Å². The molecule has 1 heterocycles. The molecule has 1 atom stereocenters. The normalized spacial score (nSPS) is 17.5. The quantitative estimate of drug-likeness (QED) is 0.671. The Bertz CT molecular complexity index is 943. The van der Waals surface area contributed by atoms with Gasteiger partial charge in [-0.05, 0) is 68.6 Å². The molecule has 0 radical (unpaired) electrons. The maximum absolute atomic E-state index is 12.5. The molecule has 1 aliphatic rings. The van der Waals surface area contributed by atoms with Crippen molar-refractivity contribution in [2.24, 2.45) is 5.92 Å². The van der Waals surface area contributed by atoms with Crippen LogP contribution in [-0.4, -0.2) is 52.5 Å². The van der Waals surface area contributed by atoms with E-state index in [1.54, 1.807) is 55.6 Å². The van der Waals surface area contributed by atoms with Crippen LogP contribution in [0, 0.1) is 12.8 Å². The first-order valence-electron chi connectivity index (χ1n) is 10.1. The zero-order chi connectivity index (χ0) is 21.6. The Morgan fingerprint density at radius 1 is 1.13 bits per heavy atom. The zero-order valence-corrected chi connectivity index (χ0v) is 18.2. The van der Waals surface area contributed by atoms with Crippen LogP contribution in [0.1, 0.15) is 18.4 Å². The van der Waals surface area contributed by atoms with Gasteiger partial charge in [-0.25, -0.2) is 13.1 Å². The fourth-order valence-corrected chi connectivity index (χ4v) is 4.68. The van der Waals surface area contributed by atoms with E-state index in [2.05, 4.69) is 14.9 Å². The average Bonchev–Trinajstić information content (AvgIpc) is 2.73. The van der Waals surface area contributed by atoms with Crippen LogP contribution in [0.15, 0.2) is 53.4 Å². The molecule has 0 bridgehead atoms. The van der Waals surface area contributed by atoms with E-state index in [9.17, 15) is 13.2 Å². The van der Waals surface area contributed by atoms with E-state index in [0.717, 1.165) is 36.4 Å². The first-order chi connectivity index (χ1) is 14.4. The fourth-order valence-electron chi connectivity index (χ4n) is 3.57. The molecule has 30 heavy (non-hydrogen) atoms. The van der Waals surface area contributed by atoms with Crippen LogP contribution in [0.2, 0.25) is 0 Å². The van der Waals surface area contributed by atoms with Crippen LogP contribution in [0.4, 0.5) is 5.69 Å². The molecule has 0 aliphatic carbocycles. The highest BCUT2D eigenvalue weighted by atomic mass is 32.2. The number of piperidine rings is 1. The first-order valence-corrected chi connectivity index (χ1v) is 11.6. The summed E-state index contributed by atoms with van der Waals surface area (Å²) < 4.78 is 32.8. The lowest BCUT2D eigenvalue weighted by Gasteiger charge is -2.32. The summed E-state index contributed by atoms with van der Waals surface area (Å²) in [7, 11) is -1.92. The number of aryl methyl sites for hydroxylation is 1. The van der Waals surface area contributed by atoms with Crippen molar-refractivity contribution in [3.05, 3.63) is 54.1 Å². The third kappa shape index (κ3) is 6.29. The van der Waals surface area contributed by atoms with Crippen molar-refractivity contribution in [1.82, 2.24) is 9.62 Å². The summed E-state index contributed by atoms with van der Waals surface area (Å²) in [6, 6.07) is 14.0. The second kappa shape index (κ2) is 10.1. The molecule has 0 spiro atoms. The van der Waals surface area contributed by atoms with Crippen molar-refractivity contribution in [2.75, 3.05) is 38.6 Å². The second-order valence-corrected chi connectivity index (χ2v) is 9.45. The lowest BCUT2D eigenvalue weighted by atomic mass is 9.98. The van der Waals surface area contributed by atoms with Crippen molar-refractivity contribution >= 4 is 21.6 Å². The predicted molar refractivity (Wildman–Crippen MR) is 117 cm³/mol. The molecule has 2 aromatic carbocycles. The SMILES string of the molecule is COc1ccc(NC(=O)CN2CCCC(CNS(=O)(=O)c3ccc(C)cc3)C2)cc1. The Morgan fingerprint density at radius 2 is 1.83 bits per heavy atom. The highest BCUT2D eigenvalue weighted by molar-refractivity contribution is 7.89. The van der Waals surface area contributed by atoms with Gasteiger partial charge in [0, 0.05) is 18.8 Å². The van der Waals surface area contributed by atoms with Crippen LogP contribution >= 0.6 is 0 Å². The molecule has 1 aliphatic heterocycles. The lowest BCUT2D eigenvalue weighted by molar-refractivity contribution is -0.117. The Kier molecular flexibility index (Phi) is 7.47. The van der Waals surface area contributed by atoms with Gasteiger partial charge in [-0.1, -0.05) is 17.7 Å². The number of carbonyl (C=O) groups excluding carboxylic acids is 1. The Morgan fingerprint density at radius 3 is 2.50 bits per heavy atom. The number of hydrogen-bond acceptors (Lipinski definition) is 5. The van der Waals surface area contributed by atoms with Crippen LogP contribution in [-0.2, 0) is 14.8 Å². The summed E-state index contributed by atoms with van der Waals surface area (Å²) in [5, 5.41) is 2.89. The standard InChI is InChI=1S/C22H29N3O4S/c1-17-5-11-21(12-6-17)30(27,28)23-14-18-4-3-13-25(15-18)16-22(26)24-19-7-9-20(29-2)10-8-19/h5-12,18,23H,3-4,13-16H2,1-2H3,(H,24,26). The van der Waals surface area contributed by atoms with E-state index in [1.807, 2.05) is 6.92 Å². The predicted octanol–water partition coefficient (Wildman–Crippen LogP) is 2.63. The highest BCUT2D eigenvalue weighted by Crippen LogP contribution is 2.18. The average molecular weight is 432 g/mol. The number of benzene rings is 2. The lowest BCUT2D eigenvalue weighted by Crippen LogP contribution is -2.43. The molecule has 7 nitrogen and oxygen atoms in total. The minimum absolute atomic E-state index is 0.0824. The van der Waals surface area contributed by atoms with Crippen LogP contribution in [0.25, 0.3) is 0 Å². The summed E-state index contributed by atoms with van der Waals surface area (Å²) in [5.41, 5.74) is 1.74. The minimum Gasteiger partial charge on any atom is -0.497 e. The number of nitrogens with one attached hydrogen (secondary N) is 2. The summed E-state index contributed by atoms with van der Waals surface area (Å²) in [4.78, 5) is 14.7. The molecule has 1 fully saturated rings. The van der Waals surface area contributed by atoms with E-state index in [4.69, 9.17) is 4.74 Å². The summed E-state index contributed by atoms with van der Waals surface area (Å²) in [6.45, 7) is 4.09. The zero-order valence-electron chi connectivity index (χ0n) is 17.4. The molecule has 0 aromatic heterocycles. The van der Waals surface area contributed by atoms with Crippen LogP contribution in [0.3, 0.4) is 0 Å². The van der Waals surface area contributed by atoms with E-state index in [0.29, 0.717) is 13.1 Å². The molecule has 2 N–H and O–H groups in total. The number of rotatable bonds is 8. The monoisotopic (exact) mass is 431 g/mol. The van der Waals surface area contributed by atoms with Crippen molar-refractivity contribution in [3.8, 4) is 5.75 Å². The first kappa shape index (κ1) is 22.3. The van der Waals surface area contributed by atoms with E-state index < -0.39 is 10.0 Å². The van der Waals surface area contributed by atoms with Crippen molar-refractivity contribution < 1.29 is 17.9 Å². The number of amides is 1. The third-order valence-corrected chi connectivity index (χ3v) is 6.68. The molecule has 1 amide bonds. The number of anilines is 1. The van der Waals surface area contributed by atoms with Crippen LogP contribution in [0.5, 0.6) is 5.75 Å². The van der Waals surface area contributed by atoms with Crippen molar-refractivity contribution in [3.63, 3.8) is 0 Å².